The van der Waals surface area contributed by atoms with Crippen molar-refractivity contribution < 1.29 is 19.1 Å². The van der Waals surface area contributed by atoms with Gasteiger partial charge in [0.15, 0.2) is 12.4 Å². The summed E-state index contributed by atoms with van der Waals surface area (Å²) in [5, 5.41) is 0. The highest BCUT2D eigenvalue weighted by atomic mass is 16.5. The molecule has 22 heavy (non-hydrogen) atoms. The van der Waals surface area contributed by atoms with E-state index in [9.17, 15) is 14.4 Å². The molecule has 0 aliphatic heterocycles. The fourth-order valence-corrected chi connectivity index (χ4v) is 2.04. The lowest BCUT2D eigenvalue weighted by molar-refractivity contribution is 0.0469. The predicted octanol–water partition coefficient (Wildman–Crippen LogP) is 2.87. The van der Waals surface area contributed by atoms with Crippen LogP contribution in [0.3, 0.4) is 0 Å². The van der Waals surface area contributed by atoms with Gasteiger partial charge >= 0.3 is 5.97 Å². The topological polar surface area (TPSA) is 76.2 Å². The maximum Gasteiger partial charge on any atom is 0.355 e. The molecule has 1 aromatic carbocycles. The Morgan fingerprint density at radius 2 is 1.86 bits per heavy atom. The van der Waals surface area contributed by atoms with Gasteiger partial charge in [0, 0.05) is 17.3 Å². The molecule has 0 fully saturated rings. The Bertz CT molecular complexity index is 743. The summed E-state index contributed by atoms with van der Waals surface area (Å²) in [6.45, 7) is 4.79. The van der Waals surface area contributed by atoms with Gasteiger partial charge in [-0.05, 0) is 38.5 Å². The number of hydrogen-bond donors (Lipinski definition) is 1. The minimum absolute atomic E-state index is 0.151. The fraction of sp³-hybridized carbons (Fsp3) is 0.235. The van der Waals surface area contributed by atoms with E-state index >= 15 is 0 Å². The van der Waals surface area contributed by atoms with Crippen molar-refractivity contribution in [1.29, 1.82) is 0 Å². The minimum Gasteiger partial charge on any atom is -0.453 e. The molecule has 114 valence electrons. The number of esters is 1. The number of ketones is 2. The molecule has 0 atom stereocenters. The molecule has 0 unspecified atom stereocenters. The van der Waals surface area contributed by atoms with E-state index in [0.29, 0.717) is 11.1 Å². The third kappa shape index (κ3) is 3.49. The Hall–Kier alpha value is -2.69. The lowest BCUT2D eigenvalue weighted by Crippen LogP contribution is -2.15. The van der Waals surface area contributed by atoms with Gasteiger partial charge in [-0.25, -0.2) is 4.79 Å². The van der Waals surface area contributed by atoms with Gasteiger partial charge in [0.25, 0.3) is 0 Å². The second kappa shape index (κ2) is 6.39. The zero-order valence-electron chi connectivity index (χ0n) is 12.7. The molecule has 1 heterocycles. The second-order valence-electron chi connectivity index (χ2n) is 5.18. The summed E-state index contributed by atoms with van der Waals surface area (Å²) >= 11 is 0. The molecule has 1 aromatic heterocycles. The van der Waals surface area contributed by atoms with Crippen LogP contribution >= 0.6 is 0 Å². The Kier molecular flexibility index (Phi) is 4.56. The Morgan fingerprint density at radius 1 is 1.14 bits per heavy atom. The summed E-state index contributed by atoms with van der Waals surface area (Å²) in [6.07, 6.45) is 1.44. The van der Waals surface area contributed by atoms with Crippen molar-refractivity contribution in [3.8, 4) is 0 Å². The number of aromatic nitrogens is 1. The van der Waals surface area contributed by atoms with Crippen LogP contribution in [0.1, 0.15) is 49.3 Å². The molecule has 1 N–H and O–H groups in total. The van der Waals surface area contributed by atoms with Crippen molar-refractivity contribution in [2.24, 2.45) is 0 Å². The number of benzene rings is 1. The van der Waals surface area contributed by atoms with E-state index in [2.05, 4.69) is 4.98 Å². The van der Waals surface area contributed by atoms with Gasteiger partial charge in [-0.2, -0.15) is 0 Å². The molecule has 5 nitrogen and oxygen atoms in total. The van der Waals surface area contributed by atoms with Crippen LogP contribution in [-0.2, 0) is 4.74 Å². The molecule has 0 saturated carbocycles. The first-order valence-electron chi connectivity index (χ1n) is 6.85. The molecule has 2 rings (SSSR count). The first kappa shape index (κ1) is 15.7. The van der Waals surface area contributed by atoms with Gasteiger partial charge in [-0.15, -0.1) is 0 Å². The zero-order valence-corrected chi connectivity index (χ0v) is 12.7. The van der Waals surface area contributed by atoms with E-state index in [1.165, 1.54) is 19.2 Å². The average molecular weight is 299 g/mol. The zero-order chi connectivity index (χ0) is 16.3. The van der Waals surface area contributed by atoms with Crippen molar-refractivity contribution in [2.45, 2.75) is 20.8 Å². The van der Waals surface area contributed by atoms with Gasteiger partial charge in [0.05, 0.1) is 0 Å². The molecule has 0 bridgehead atoms. The molecule has 5 heteroatoms. The van der Waals surface area contributed by atoms with E-state index in [1.807, 2.05) is 26.0 Å². The van der Waals surface area contributed by atoms with Crippen LogP contribution < -0.4 is 0 Å². The van der Waals surface area contributed by atoms with Crippen molar-refractivity contribution in [1.82, 2.24) is 4.98 Å². The normalized spacial score (nSPS) is 10.3. The van der Waals surface area contributed by atoms with Gasteiger partial charge in [0.2, 0.25) is 5.78 Å². The number of carbonyl (C=O) groups excluding carboxylic acids is 3. The third-order valence-corrected chi connectivity index (χ3v) is 3.34. The van der Waals surface area contributed by atoms with Crippen LogP contribution in [-0.4, -0.2) is 29.1 Å². The summed E-state index contributed by atoms with van der Waals surface area (Å²) in [5.74, 6) is -1.07. The van der Waals surface area contributed by atoms with Crippen LogP contribution in [0, 0.1) is 13.8 Å². The number of aromatic amines is 1. The minimum atomic E-state index is -0.661. The molecule has 0 spiro atoms. The monoisotopic (exact) mass is 299 g/mol. The van der Waals surface area contributed by atoms with Crippen LogP contribution in [0.5, 0.6) is 0 Å². The van der Waals surface area contributed by atoms with Crippen LogP contribution in [0.2, 0.25) is 0 Å². The van der Waals surface area contributed by atoms with Crippen molar-refractivity contribution in [3.63, 3.8) is 0 Å². The number of aryl methyl sites for hydroxylation is 2. The number of hydrogen-bond acceptors (Lipinski definition) is 4. The largest absolute Gasteiger partial charge is 0.453 e. The highest BCUT2D eigenvalue weighted by molar-refractivity contribution is 6.01. The highest BCUT2D eigenvalue weighted by Crippen LogP contribution is 2.12. The Balaban J connectivity index is 2.02. The number of H-pyrrole nitrogens is 1. The average Bonchev–Trinajstić information content (AvgIpc) is 2.97. The van der Waals surface area contributed by atoms with E-state index in [0.717, 1.165) is 11.1 Å². The quantitative estimate of drug-likeness (QED) is 0.680. The van der Waals surface area contributed by atoms with Crippen molar-refractivity contribution in [2.75, 3.05) is 6.61 Å². The smallest absolute Gasteiger partial charge is 0.355 e. The van der Waals surface area contributed by atoms with E-state index in [-0.39, 0.29) is 23.9 Å². The van der Waals surface area contributed by atoms with Crippen LogP contribution in [0.25, 0.3) is 0 Å². The maximum absolute atomic E-state index is 12.1. The summed E-state index contributed by atoms with van der Waals surface area (Å²) in [5.41, 5.74) is 2.90. The van der Waals surface area contributed by atoms with Gasteiger partial charge in [0.1, 0.15) is 5.69 Å². The van der Waals surface area contributed by atoms with Crippen LogP contribution in [0.15, 0.2) is 30.5 Å². The molecule has 2 aromatic rings. The number of nitrogens with one attached hydrogen (secondary N) is 1. The van der Waals surface area contributed by atoms with E-state index in [4.69, 9.17) is 4.74 Å². The predicted molar refractivity (Wildman–Crippen MR) is 81.3 cm³/mol. The molecule has 0 aliphatic carbocycles. The third-order valence-electron chi connectivity index (χ3n) is 3.34. The standard InChI is InChI=1S/C17H17NO4/c1-10-4-5-11(2)14(6-10)16(20)9-22-17(21)15-7-13(8-18-15)12(3)19/h4-8,18H,9H2,1-3H3. The Labute approximate surface area is 128 Å². The number of carbonyl (C=O) groups is 3. The highest BCUT2D eigenvalue weighted by Gasteiger charge is 2.15. The Morgan fingerprint density at radius 3 is 2.50 bits per heavy atom. The molecule has 0 amide bonds. The maximum atomic E-state index is 12.1. The summed E-state index contributed by atoms with van der Waals surface area (Å²) in [7, 11) is 0. The molecule has 0 aliphatic rings. The summed E-state index contributed by atoms with van der Waals surface area (Å²) < 4.78 is 5.00. The molecule has 0 saturated heterocycles. The summed E-state index contributed by atoms with van der Waals surface area (Å²) in [4.78, 5) is 37.8. The lowest BCUT2D eigenvalue weighted by atomic mass is 10.0. The first-order valence-corrected chi connectivity index (χ1v) is 6.85. The lowest BCUT2D eigenvalue weighted by Gasteiger charge is -2.07. The second-order valence-corrected chi connectivity index (χ2v) is 5.18. The number of rotatable bonds is 5. The van der Waals surface area contributed by atoms with Gasteiger partial charge in [-0.1, -0.05) is 17.7 Å². The molecule has 0 radical (unpaired) electrons. The van der Waals surface area contributed by atoms with Crippen molar-refractivity contribution >= 4 is 17.5 Å². The first-order chi connectivity index (χ1) is 10.4. The van der Waals surface area contributed by atoms with E-state index in [1.54, 1.807) is 6.07 Å². The van der Waals surface area contributed by atoms with Gasteiger partial charge < -0.3 is 9.72 Å². The SMILES string of the molecule is CC(=O)c1c[nH]c(C(=O)OCC(=O)c2cc(C)ccc2C)c1. The number of Topliss-reactive ketones (excluding diaryl/α,β-unsaturated/α-hetero) is 2. The van der Waals surface area contributed by atoms with Crippen LogP contribution in [0.4, 0.5) is 0 Å². The summed E-state index contributed by atoms with van der Waals surface area (Å²) in [6, 6.07) is 6.95. The fourth-order valence-electron chi connectivity index (χ4n) is 2.04. The van der Waals surface area contributed by atoms with E-state index < -0.39 is 5.97 Å². The van der Waals surface area contributed by atoms with Crippen molar-refractivity contribution in [3.05, 3.63) is 58.4 Å². The van der Waals surface area contributed by atoms with Gasteiger partial charge in [-0.3, -0.25) is 9.59 Å². The molecular weight excluding hydrogens is 282 g/mol. The molecular formula is C17H17NO4. The number of ether oxygens (including phenoxy) is 1.